The maximum atomic E-state index is 12.1. The van der Waals surface area contributed by atoms with Crippen molar-refractivity contribution in [2.24, 2.45) is 5.92 Å². The molecule has 0 radical (unpaired) electrons. The summed E-state index contributed by atoms with van der Waals surface area (Å²) in [4.78, 5) is 23.0. The molecule has 0 spiro atoms. The maximum absolute atomic E-state index is 12.1. The fraction of sp³-hybridized carbons (Fsp3) is 0.467. The van der Waals surface area contributed by atoms with Gasteiger partial charge in [-0.3, -0.25) is 9.59 Å². The van der Waals surface area contributed by atoms with Gasteiger partial charge in [0.15, 0.2) is 0 Å². The van der Waals surface area contributed by atoms with Gasteiger partial charge in [0.2, 0.25) is 5.91 Å². The smallest absolute Gasteiger partial charge is 0.305 e. The van der Waals surface area contributed by atoms with Gasteiger partial charge in [0.1, 0.15) is 0 Å². The van der Waals surface area contributed by atoms with E-state index in [1.807, 2.05) is 37.3 Å². The number of hydrogen-bond acceptors (Lipinski definition) is 3. The first-order chi connectivity index (χ1) is 9.61. The maximum Gasteiger partial charge on any atom is 0.305 e. The Kier molecular flexibility index (Phi) is 4.74. The number of aliphatic carboxylic acids is 1. The van der Waals surface area contributed by atoms with Gasteiger partial charge in [0.25, 0.3) is 0 Å². The van der Waals surface area contributed by atoms with Crippen LogP contribution in [-0.2, 0) is 14.3 Å². The van der Waals surface area contributed by atoms with Gasteiger partial charge in [-0.05, 0) is 18.9 Å². The Labute approximate surface area is 117 Å². The molecule has 1 aliphatic carbocycles. The lowest BCUT2D eigenvalue weighted by atomic mass is 10.0. The van der Waals surface area contributed by atoms with Crippen molar-refractivity contribution in [1.29, 1.82) is 0 Å². The van der Waals surface area contributed by atoms with Crippen molar-refractivity contribution in [3.05, 3.63) is 35.9 Å². The number of nitrogens with one attached hydrogen (secondary N) is 1. The summed E-state index contributed by atoms with van der Waals surface area (Å²) in [7, 11) is 0. The minimum absolute atomic E-state index is 0.0127. The Bertz CT molecular complexity index is 474. The molecule has 5 heteroatoms. The van der Waals surface area contributed by atoms with E-state index >= 15 is 0 Å². The minimum atomic E-state index is -0.934. The van der Waals surface area contributed by atoms with Gasteiger partial charge in [0.05, 0.1) is 24.5 Å². The minimum Gasteiger partial charge on any atom is -0.481 e. The third-order valence-corrected chi connectivity index (χ3v) is 3.35. The van der Waals surface area contributed by atoms with Crippen molar-refractivity contribution in [3.8, 4) is 0 Å². The molecule has 0 aliphatic heterocycles. The van der Waals surface area contributed by atoms with Crippen LogP contribution in [0.2, 0.25) is 0 Å². The van der Waals surface area contributed by atoms with E-state index in [0.717, 1.165) is 5.56 Å². The Balaban J connectivity index is 1.98. The predicted octanol–water partition coefficient (Wildman–Crippen LogP) is 1.74. The zero-order valence-electron chi connectivity index (χ0n) is 11.4. The molecule has 5 nitrogen and oxygen atoms in total. The van der Waals surface area contributed by atoms with Gasteiger partial charge >= 0.3 is 5.97 Å². The van der Waals surface area contributed by atoms with Crippen LogP contribution in [0.3, 0.4) is 0 Å². The van der Waals surface area contributed by atoms with Crippen LogP contribution in [0.5, 0.6) is 0 Å². The Morgan fingerprint density at radius 3 is 2.70 bits per heavy atom. The lowest BCUT2D eigenvalue weighted by Gasteiger charge is -2.17. The van der Waals surface area contributed by atoms with Crippen molar-refractivity contribution >= 4 is 11.9 Å². The number of carboxylic acid groups (broad SMARTS) is 1. The second kappa shape index (κ2) is 6.52. The van der Waals surface area contributed by atoms with Gasteiger partial charge in [-0.1, -0.05) is 30.3 Å². The summed E-state index contributed by atoms with van der Waals surface area (Å²) in [6, 6.07) is 8.66. The summed E-state index contributed by atoms with van der Waals surface area (Å²) >= 11 is 0. The lowest BCUT2D eigenvalue weighted by Crippen LogP contribution is -2.32. The van der Waals surface area contributed by atoms with Crippen molar-refractivity contribution in [2.75, 3.05) is 6.61 Å². The molecule has 20 heavy (non-hydrogen) atoms. The number of carbonyl (C=O) groups is 2. The van der Waals surface area contributed by atoms with Gasteiger partial charge in [-0.25, -0.2) is 0 Å². The van der Waals surface area contributed by atoms with E-state index in [4.69, 9.17) is 9.84 Å². The molecule has 2 N–H and O–H groups in total. The molecule has 108 valence electrons. The third kappa shape index (κ3) is 3.81. The molecule has 3 unspecified atom stereocenters. The van der Waals surface area contributed by atoms with Crippen molar-refractivity contribution in [3.63, 3.8) is 0 Å². The van der Waals surface area contributed by atoms with Crippen LogP contribution in [0.15, 0.2) is 30.3 Å². The summed E-state index contributed by atoms with van der Waals surface area (Å²) in [5.74, 6) is -1.20. The summed E-state index contributed by atoms with van der Waals surface area (Å²) in [6.45, 7) is 2.48. The Morgan fingerprint density at radius 1 is 1.40 bits per heavy atom. The fourth-order valence-corrected chi connectivity index (χ4v) is 2.24. The standard InChI is InChI=1S/C15H19NO4/c1-2-20-13-8-11(13)15(19)16-12(9-14(17)18)10-6-4-3-5-7-10/h3-7,11-13H,2,8-9H2,1H3,(H,16,19)(H,17,18). The highest BCUT2D eigenvalue weighted by Gasteiger charge is 2.44. The predicted molar refractivity (Wildman–Crippen MR) is 73.1 cm³/mol. The van der Waals surface area contributed by atoms with E-state index < -0.39 is 12.0 Å². The van der Waals surface area contributed by atoms with Crippen LogP contribution in [0.4, 0.5) is 0 Å². The zero-order valence-corrected chi connectivity index (χ0v) is 11.4. The quantitative estimate of drug-likeness (QED) is 0.796. The van der Waals surface area contributed by atoms with Crippen LogP contribution in [0.1, 0.15) is 31.4 Å². The van der Waals surface area contributed by atoms with Crippen LogP contribution in [0.25, 0.3) is 0 Å². The average Bonchev–Trinajstić information content (AvgIpc) is 3.18. The van der Waals surface area contributed by atoms with E-state index in [2.05, 4.69) is 5.32 Å². The molecule has 1 fully saturated rings. The van der Waals surface area contributed by atoms with E-state index in [-0.39, 0.29) is 24.3 Å². The number of hydrogen-bond donors (Lipinski definition) is 2. The van der Waals surface area contributed by atoms with E-state index in [1.54, 1.807) is 0 Å². The number of carbonyl (C=O) groups excluding carboxylic acids is 1. The van der Waals surface area contributed by atoms with Gasteiger partial charge < -0.3 is 15.2 Å². The van der Waals surface area contributed by atoms with Crippen molar-refractivity contribution in [1.82, 2.24) is 5.32 Å². The number of rotatable bonds is 7. The normalized spacial score (nSPS) is 22.1. The van der Waals surface area contributed by atoms with Gasteiger partial charge in [0, 0.05) is 6.61 Å². The monoisotopic (exact) mass is 277 g/mol. The molecule has 1 aromatic rings. The van der Waals surface area contributed by atoms with E-state index in [1.165, 1.54) is 0 Å². The molecule has 1 aliphatic rings. The molecule has 2 rings (SSSR count). The molecular weight excluding hydrogens is 258 g/mol. The third-order valence-electron chi connectivity index (χ3n) is 3.35. The number of ether oxygens (including phenoxy) is 1. The SMILES string of the molecule is CCOC1CC1C(=O)NC(CC(=O)O)c1ccccc1. The molecule has 3 atom stereocenters. The van der Waals surface area contributed by atoms with Crippen LogP contribution in [-0.4, -0.2) is 29.7 Å². The first-order valence-corrected chi connectivity index (χ1v) is 6.80. The molecule has 1 saturated carbocycles. The highest BCUT2D eigenvalue weighted by molar-refractivity contribution is 5.83. The molecular formula is C15H19NO4. The Morgan fingerprint density at radius 2 is 2.10 bits per heavy atom. The van der Waals surface area contributed by atoms with Crippen molar-refractivity contribution in [2.45, 2.75) is 31.9 Å². The molecule has 0 saturated heterocycles. The van der Waals surface area contributed by atoms with E-state index in [9.17, 15) is 9.59 Å². The highest BCUT2D eigenvalue weighted by atomic mass is 16.5. The lowest BCUT2D eigenvalue weighted by molar-refractivity contribution is -0.137. The number of benzene rings is 1. The molecule has 1 amide bonds. The molecule has 0 aromatic heterocycles. The zero-order chi connectivity index (χ0) is 14.5. The van der Waals surface area contributed by atoms with Crippen LogP contribution >= 0.6 is 0 Å². The first kappa shape index (κ1) is 14.5. The first-order valence-electron chi connectivity index (χ1n) is 6.80. The van der Waals surface area contributed by atoms with Crippen molar-refractivity contribution < 1.29 is 19.4 Å². The number of carboxylic acids is 1. The molecule has 0 heterocycles. The number of amides is 1. The van der Waals surface area contributed by atoms with E-state index in [0.29, 0.717) is 13.0 Å². The molecule has 1 aromatic carbocycles. The second-order valence-electron chi connectivity index (χ2n) is 4.91. The van der Waals surface area contributed by atoms with Gasteiger partial charge in [-0.15, -0.1) is 0 Å². The Hall–Kier alpha value is -1.88. The van der Waals surface area contributed by atoms with Crippen LogP contribution in [0, 0.1) is 5.92 Å². The largest absolute Gasteiger partial charge is 0.481 e. The molecule has 0 bridgehead atoms. The second-order valence-corrected chi connectivity index (χ2v) is 4.91. The topological polar surface area (TPSA) is 75.6 Å². The van der Waals surface area contributed by atoms with Crippen LogP contribution < -0.4 is 5.32 Å². The fourth-order valence-electron chi connectivity index (χ4n) is 2.24. The summed E-state index contributed by atoms with van der Waals surface area (Å²) in [5.41, 5.74) is 0.803. The summed E-state index contributed by atoms with van der Waals surface area (Å²) < 4.78 is 5.38. The summed E-state index contributed by atoms with van der Waals surface area (Å²) in [5, 5.41) is 11.8. The average molecular weight is 277 g/mol. The summed E-state index contributed by atoms with van der Waals surface area (Å²) in [6.07, 6.45) is 0.581. The van der Waals surface area contributed by atoms with Gasteiger partial charge in [-0.2, -0.15) is 0 Å². The highest BCUT2D eigenvalue weighted by Crippen LogP contribution is 2.34.